The zero-order valence-electron chi connectivity index (χ0n) is 16.7. The van der Waals surface area contributed by atoms with Gasteiger partial charge < -0.3 is 10.6 Å². The number of hydrogen-bond donors (Lipinski definition) is 1. The SMILES string of the molecule is Cc1cccc(-c2sc(C)nc2C(=O)N2C[C@@H]3CC(C)C[C@@H]3[C@H]2CN)c1.S.S. The number of benzene rings is 1. The highest BCUT2D eigenvalue weighted by molar-refractivity contribution is 7.59. The zero-order valence-corrected chi connectivity index (χ0v) is 19.6. The number of thiazole rings is 1. The third-order valence-electron chi connectivity index (χ3n) is 6.03. The number of likely N-dealkylation sites (tertiary alicyclic amines) is 1. The van der Waals surface area contributed by atoms with Crippen LogP contribution in [0.1, 0.15) is 40.8 Å². The molecule has 1 aliphatic carbocycles. The van der Waals surface area contributed by atoms with E-state index in [4.69, 9.17) is 5.73 Å². The lowest BCUT2D eigenvalue weighted by atomic mass is 9.94. The molecule has 4 rings (SSSR count). The van der Waals surface area contributed by atoms with Crippen LogP contribution in [0, 0.1) is 31.6 Å². The summed E-state index contributed by atoms with van der Waals surface area (Å²) in [5.41, 5.74) is 8.98. The number of aromatic nitrogens is 1. The Bertz CT molecular complexity index is 838. The van der Waals surface area contributed by atoms with Gasteiger partial charge in [0.15, 0.2) is 0 Å². The van der Waals surface area contributed by atoms with E-state index in [2.05, 4.69) is 37.0 Å². The highest BCUT2D eigenvalue weighted by Gasteiger charge is 2.48. The number of carbonyl (C=O) groups excluding carboxylic acids is 1. The third-order valence-corrected chi connectivity index (χ3v) is 7.05. The maximum Gasteiger partial charge on any atom is 0.274 e. The summed E-state index contributed by atoms with van der Waals surface area (Å²) >= 11 is 1.60. The number of fused-ring (bicyclic) bond motifs is 1. The molecule has 0 bridgehead atoms. The number of hydrogen-bond acceptors (Lipinski definition) is 4. The van der Waals surface area contributed by atoms with Gasteiger partial charge in [-0.05, 0) is 50.0 Å². The van der Waals surface area contributed by atoms with Gasteiger partial charge >= 0.3 is 0 Å². The molecule has 2 N–H and O–H groups in total. The molecule has 0 spiro atoms. The molecule has 1 saturated carbocycles. The Morgan fingerprint density at radius 1 is 1.29 bits per heavy atom. The Balaban J connectivity index is 0.00000140. The van der Waals surface area contributed by atoms with Gasteiger partial charge in [-0.25, -0.2) is 4.98 Å². The largest absolute Gasteiger partial charge is 0.332 e. The summed E-state index contributed by atoms with van der Waals surface area (Å²) in [6.07, 6.45) is 2.41. The molecule has 4 nitrogen and oxygen atoms in total. The third kappa shape index (κ3) is 4.13. The van der Waals surface area contributed by atoms with Gasteiger partial charge in [-0.1, -0.05) is 36.8 Å². The molecule has 2 heterocycles. The first-order valence-corrected chi connectivity index (χ1v) is 10.3. The molecule has 7 heteroatoms. The normalized spacial score (nSPS) is 25.8. The van der Waals surface area contributed by atoms with Crippen molar-refractivity contribution in [3.8, 4) is 10.4 Å². The molecular formula is C21H31N3OS3. The smallest absolute Gasteiger partial charge is 0.274 e. The van der Waals surface area contributed by atoms with Crippen molar-refractivity contribution in [3.05, 3.63) is 40.5 Å². The summed E-state index contributed by atoms with van der Waals surface area (Å²) in [4.78, 5) is 21.1. The minimum atomic E-state index is 0. The molecule has 1 aromatic heterocycles. The molecule has 28 heavy (non-hydrogen) atoms. The van der Waals surface area contributed by atoms with E-state index in [0.29, 0.717) is 24.1 Å². The van der Waals surface area contributed by atoms with Crippen LogP contribution in [0.2, 0.25) is 0 Å². The summed E-state index contributed by atoms with van der Waals surface area (Å²) in [7, 11) is 0. The predicted molar refractivity (Wildman–Crippen MR) is 127 cm³/mol. The monoisotopic (exact) mass is 437 g/mol. The number of aryl methyl sites for hydroxylation is 2. The van der Waals surface area contributed by atoms with Crippen molar-refractivity contribution in [2.75, 3.05) is 13.1 Å². The van der Waals surface area contributed by atoms with Crippen LogP contribution < -0.4 is 5.73 Å². The predicted octanol–water partition coefficient (Wildman–Crippen LogP) is 4.10. The van der Waals surface area contributed by atoms with E-state index in [0.717, 1.165) is 27.9 Å². The van der Waals surface area contributed by atoms with Crippen molar-refractivity contribution in [2.24, 2.45) is 23.5 Å². The molecule has 154 valence electrons. The summed E-state index contributed by atoms with van der Waals surface area (Å²) in [6.45, 7) is 7.74. The van der Waals surface area contributed by atoms with Crippen LogP contribution in [0.4, 0.5) is 0 Å². The van der Waals surface area contributed by atoms with Crippen molar-refractivity contribution < 1.29 is 4.79 Å². The van der Waals surface area contributed by atoms with Crippen LogP contribution in [0.3, 0.4) is 0 Å². The van der Waals surface area contributed by atoms with E-state index in [-0.39, 0.29) is 38.9 Å². The molecule has 2 fully saturated rings. The molecule has 1 unspecified atom stereocenters. The molecule has 1 amide bonds. The molecule has 0 radical (unpaired) electrons. The maximum absolute atomic E-state index is 13.4. The van der Waals surface area contributed by atoms with Gasteiger partial charge in [0.1, 0.15) is 5.69 Å². The Hall–Kier alpha value is -1.02. The lowest BCUT2D eigenvalue weighted by Crippen LogP contribution is -2.43. The van der Waals surface area contributed by atoms with Crippen LogP contribution >= 0.6 is 38.3 Å². The van der Waals surface area contributed by atoms with Gasteiger partial charge in [-0.3, -0.25) is 4.79 Å². The van der Waals surface area contributed by atoms with Crippen LogP contribution in [-0.4, -0.2) is 34.9 Å². The van der Waals surface area contributed by atoms with Crippen LogP contribution in [0.15, 0.2) is 24.3 Å². The Labute approximate surface area is 185 Å². The van der Waals surface area contributed by atoms with E-state index in [1.807, 2.05) is 17.9 Å². The van der Waals surface area contributed by atoms with Gasteiger partial charge in [-0.15, -0.1) is 11.3 Å². The minimum Gasteiger partial charge on any atom is -0.332 e. The lowest BCUT2D eigenvalue weighted by molar-refractivity contribution is 0.0710. The quantitative estimate of drug-likeness (QED) is 0.786. The molecule has 2 aromatic rings. The van der Waals surface area contributed by atoms with Crippen molar-refractivity contribution in [1.29, 1.82) is 0 Å². The minimum absolute atomic E-state index is 0. The van der Waals surface area contributed by atoms with Gasteiger partial charge in [-0.2, -0.15) is 27.0 Å². The fraction of sp³-hybridized carbons (Fsp3) is 0.524. The van der Waals surface area contributed by atoms with Crippen molar-refractivity contribution in [3.63, 3.8) is 0 Å². The molecular weight excluding hydrogens is 406 g/mol. The van der Waals surface area contributed by atoms with Crippen molar-refractivity contribution in [1.82, 2.24) is 9.88 Å². The number of amides is 1. The summed E-state index contributed by atoms with van der Waals surface area (Å²) in [5, 5.41) is 0.933. The molecule has 4 atom stereocenters. The summed E-state index contributed by atoms with van der Waals surface area (Å²) in [5.74, 6) is 1.97. The standard InChI is InChI=1S/C21H27N3OS.2H2S/c1-12-5-4-6-15(7-12)20-19(23-14(3)26-20)21(25)24-11-16-8-13(2)9-17(16)18(24)10-22;;/h4-7,13,16-18H,8-11,22H2,1-3H3;2*1H2/t13?,16-,17-,18+;;/m0../s1. The first kappa shape index (κ1) is 23.3. The van der Waals surface area contributed by atoms with E-state index in [9.17, 15) is 4.79 Å². The molecule has 1 aromatic carbocycles. The zero-order chi connectivity index (χ0) is 18.4. The van der Waals surface area contributed by atoms with Gasteiger partial charge in [0, 0.05) is 19.1 Å². The van der Waals surface area contributed by atoms with Crippen LogP contribution in [-0.2, 0) is 0 Å². The first-order chi connectivity index (χ1) is 12.5. The fourth-order valence-corrected chi connectivity index (χ4v) is 5.88. The van der Waals surface area contributed by atoms with Crippen LogP contribution in [0.25, 0.3) is 10.4 Å². The number of nitrogens with zero attached hydrogens (tertiary/aromatic N) is 2. The van der Waals surface area contributed by atoms with E-state index < -0.39 is 0 Å². The van der Waals surface area contributed by atoms with Gasteiger partial charge in [0.25, 0.3) is 5.91 Å². The number of rotatable bonds is 3. The van der Waals surface area contributed by atoms with Crippen molar-refractivity contribution >= 4 is 44.2 Å². The Morgan fingerprint density at radius 2 is 2.04 bits per heavy atom. The van der Waals surface area contributed by atoms with E-state index in [1.54, 1.807) is 11.3 Å². The molecule has 1 saturated heterocycles. The lowest BCUT2D eigenvalue weighted by Gasteiger charge is -2.27. The number of nitrogens with two attached hydrogens (primary N) is 1. The maximum atomic E-state index is 13.4. The summed E-state index contributed by atoms with van der Waals surface area (Å²) < 4.78 is 0. The van der Waals surface area contributed by atoms with Crippen LogP contribution in [0.5, 0.6) is 0 Å². The second-order valence-electron chi connectivity index (χ2n) is 8.04. The van der Waals surface area contributed by atoms with Gasteiger partial charge in [0.05, 0.1) is 9.88 Å². The Kier molecular flexibility index (Phi) is 7.64. The number of carbonyl (C=O) groups is 1. The van der Waals surface area contributed by atoms with Gasteiger partial charge in [0.2, 0.25) is 0 Å². The topological polar surface area (TPSA) is 59.2 Å². The highest BCUT2D eigenvalue weighted by Crippen LogP contribution is 2.45. The second-order valence-corrected chi connectivity index (χ2v) is 9.24. The molecule has 2 aliphatic rings. The second kappa shape index (κ2) is 9.20. The van der Waals surface area contributed by atoms with Crippen molar-refractivity contribution in [2.45, 2.75) is 39.7 Å². The highest BCUT2D eigenvalue weighted by atomic mass is 32.1. The van der Waals surface area contributed by atoms with E-state index >= 15 is 0 Å². The first-order valence-electron chi connectivity index (χ1n) is 9.53. The molecule has 1 aliphatic heterocycles. The van der Waals surface area contributed by atoms with E-state index in [1.165, 1.54) is 18.4 Å². The average Bonchev–Trinajstić information content (AvgIpc) is 3.25. The summed E-state index contributed by atoms with van der Waals surface area (Å²) in [6, 6.07) is 8.47. The fourth-order valence-electron chi connectivity index (χ4n) is 4.97. The average molecular weight is 438 g/mol. The Morgan fingerprint density at radius 3 is 2.71 bits per heavy atom.